The van der Waals surface area contributed by atoms with Crippen molar-refractivity contribution < 1.29 is 4.74 Å². The monoisotopic (exact) mass is 287 g/mol. The molecule has 0 spiro atoms. The molecule has 2 heterocycles. The molecule has 0 radical (unpaired) electrons. The van der Waals surface area contributed by atoms with Gasteiger partial charge in [-0.2, -0.15) is 5.10 Å². The molecule has 0 atom stereocenters. The number of ether oxygens (including phenoxy) is 1. The van der Waals surface area contributed by atoms with Gasteiger partial charge in [0.15, 0.2) is 5.65 Å². The molecule has 0 amide bonds. The summed E-state index contributed by atoms with van der Waals surface area (Å²) in [4.78, 5) is 4.42. The molecule has 4 nitrogen and oxygen atoms in total. The van der Waals surface area contributed by atoms with E-state index in [1.54, 1.807) is 10.6 Å². The molecule has 0 saturated heterocycles. The number of benzene rings is 1. The summed E-state index contributed by atoms with van der Waals surface area (Å²) in [5.41, 5.74) is 3.47. The topological polar surface area (TPSA) is 39.4 Å². The molecule has 0 aliphatic carbocycles. The SMILES string of the molecule is CCOc1ccc(-c2cc3nc(C)cc(Cl)n3n2)cc1. The number of aryl methyl sites for hydroxylation is 1. The standard InChI is InChI=1S/C15H14ClN3O/c1-3-20-12-6-4-11(5-7-12)13-9-15-17-10(2)8-14(16)19(15)18-13/h4-9H,3H2,1-2H3. The average Bonchev–Trinajstić information content (AvgIpc) is 2.84. The van der Waals surface area contributed by atoms with Crippen molar-refractivity contribution in [3.8, 4) is 17.0 Å². The Morgan fingerprint density at radius 1 is 1.20 bits per heavy atom. The minimum atomic E-state index is 0.560. The van der Waals surface area contributed by atoms with E-state index >= 15 is 0 Å². The van der Waals surface area contributed by atoms with Crippen LogP contribution in [0.15, 0.2) is 36.4 Å². The Kier molecular flexibility index (Phi) is 3.32. The number of hydrogen-bond donors (Lipinski definition) is 0. The first kappa shape index (κ1) is 12.9. The Morgan fingerprint density at radius 3 is 2.65 bits per heavy atom. The van der Waals surface area contributed by atoms with E-state index < -0.39 is 0 Å². The van der Waals surface area contributed by atoms with E-state index in [2.05, 4.69) is 10.1 Å². The maximum atomic E-state index is 6.17. The minimum Gasteiger partial charge on any atom is -0.494 e. The fourth-order valence-corrected chi connectivity index (χ4v) is 2.37. The Hall–Kier alpha value is -2.07. The molecular formula is C15H14ClN3O. The van der Waals surface area contributed by atoms with Crippen molar-refractivity contribution in [2.24, 2.45) is 0 Å². The van der Waals surface area contributed by atoms with Crippen LogP contribution in [-0.2, 0) is 0 Å². The third kappa shape index (κ3) is 2.34. The predicted molar refractivity (Wildman–Crippen MR) is 79.3 cm³/mol. The Bertz CT molecular complexity index is 750. The van der Waals surface area contributed by atoms with E-state index in [1.807, 2.05) is 44.2 Å². The largest absolute Gasteiger partial charge is 0.494 e. The van der Waals surface area contributed by atoms with Crippen LogP contribution >= 0.6 is 11.6 Å². The molecule has 0 aliphatic rings. The highest BCUT2D eigenvalue weighted by Crippen LogP contribution is 2.23. The van der Waals surface area contributed by atoms with Crippen LogP contribution in [0.5, 0.6) is 5.75 Å². The van der Waals surface area contributed by atoms with Gasteiger partial charge in [0.05, 0.1) is 12.3 Å². The highest BCUT2D eigenvalue weighted by Gasteiger charge is 2.08. The van der Waals surface area contributed by atoms with E-state index in [4.69, 9.17) is 16.3 Å². The van der Waals surface area contributed by atoms with Crippen molar-refractivity contribution in [3.05, 3.63) is 47.2 Å². The van der Waals surface area contributed by atoms with E-state index in [0.717, 1.165) is 28.3 Å². The van der Waals surface area contributed by atoms with Crippen molar-refractivity contribution >= 4 is 17.2 Å². The predicted octanol–water partition coefficient (Wildman–Crippen LogP) is 3.76. The molecule has 1 aromatic carbocycles. The van der Waals surface area contributed by atoms with E-state index in [-0.39, 0.29) is 0 Å². The molecule has 2 aromatic heterocycles. The maximum absolute atomic E-state index is 6.17. The van der Waals surface area contributed by atoms with Gasteiger partial charge in [0, 0.05) is 17.3 Å². The summed E-state index contributed by atoms with van der Waals surface area (Å²) >= 11 is 6.17. The zero-order chi connectivity index (χ0) is 14.1. The van der Waals surface area contributed by atoms with Gasteiger partial charge in [0.25, 0.3) is 0 Å². The molecule has 102 valence electrons. The summed E-state index contributed by atoms with van der Waals surface area (Å²) in [5, 5.41) is 5.04. The van der Waals surface area contributed by atoms with E-state index in [0.29, 0.717) is 11.8 Å². The fourth-order valence-electron chi connectivity index (χ4n) is 2.08. The second-order valence-electron chi connectivity index (χ2n) is 4.48. The second kappa shape index (κ2) is 5.13. The molecule has 5 heteroatoms. The fraction of sp³-hybridized carbons (Fsp3) is 0.200. The van der Waals surface area contributed by atoms with Gasteiger partial charge in [0.2, 0.25) is 0 Å². The number of hydrogen-bond acceptors (Lipinski definition) is 3. The second-order valence-corrected chi connectivity index (χ2v) is 4.86. The lowest BCUT2D eigenvalue weighted by atomic mass is 10.1. The molecule has 0 saturated carbocycles. The molecule has 3 aromatic rings. The summed E-state index contributed by atoms with van der Waals surface area (Å²) < 4.78 is 7.07. The molecule has 0 aliphatic heterocycles. The van der Waals surface area contributed by atoms with Crippen molar-refractivity contribution in [1.82, 2.24) is 14.6 Å². The molecule has 20 heavy (non-hydrogen) atoms. The van der Waals surface area contributed by atoms with Crippen LogP contribution in [-0.4, -0.2) is 21.2 Å². The van der Waals surface area contributed by atoms with Crippen molar-refractivity contribution in [1.29, 1.82) is 0 Å². The average molecular weight is 288 g/mol. The summed E-state index contributed by atoms with van der Waals surface area (Å²) in [7, 11) is 0. The molecule has 3 rings (SSSR count). The lowest BCUT2D eigenvalue weighted by Crippen LogP contribution is -1.93. The third-order valence-electron chi connectivity index (χ3n) is 2.97. The molecule has 0 unspecified atom stereocenters. The van der Waals surface area contributed by atoms with Gasteiger partial charge in [0.1, 0.15) is 10.9 Å². The summed E-state index contributed by atoms with van der Waals surface area (Å²) in [5.74, 6) is 0.854. The third-order valence-corrected chi connectivity index (χ3v) is 3.24. The van der Waals surface area contributed by atoms with Gasteiger partial charge in [-0.3, -0.25) is 0 Å². The zero-order valence-electron chi connectivity index (χ0n) is 11.3. The Morgan fingerprint density at radius 2 is 1.95 bits per heavy atom. The van der Waals surface area contributed by atoms with Crippen LogP contribution in [0.2, 0.25) is 5.15 Å². The first-order valence-corrected chi connectivity index (χ1v) is 6.81. The zero-order valence-corrected chi connectivity index (χ0v) is 12.1. The summed E-state index contributed by atoms with van der Waals surface area (Å²) in [6.45, 7) is 4.54. The van der Waals surface area contributed by atoms with Gasteiger partial charge in [-0.1, -0.05) is 11.6 Å². The lowest BCUT2D eigenvalue weighted by Gasteiger charge is -2.02. The number of aromatic nitrogens is 3. The van der Waals surface area contributed by atoms with Crippen molar-refractivity contribution in [2.75, 3.05) is 6.61 Å². The Balaban J connectivity index is 2.03. The maximum Gasteiger partial charge on any atom is 0.157 e. The van der Waals surface area contributed by atoms with Crippen molar-refractivity contribution in [3.63, 3.8) is 0 Å². The molecule has 0 bridgehead atoms. The number of fused-ring (bicyclic) bond motifs is 1. The number of halogens is 1. The smallest absolute Gasteiger partial charge is 0.157 e. The Labute approximate surface area is 122 Å². The quantitative estimate of drug-likeness (QED) is 0.689. The van der Waals surface area contributed by atoms with Gasteiger partial charge in [-0.25, -0.2) is 9.50 Å². The normalized spacial score (nSPS) is 10.9. The van der Waals surface area contributed by atoms with Crippen molar-refractivity contribution in [2.45, 2.75) is 13.8 Å². The first-order chi connectivity index (χ1) is 9.67. The van der Waals surface area contributed by atoms with Crippen LogP contribution in [0, 0.1) is 6.92 Å². The highest BCUT2D eigenvalue weighted by atomic mass is 35.5. The van der Waals surface area contributed by atoms with E-state index in [1.165, 1.54) is 0 Å². The minimum absolute atomic E-state index is 0.560. The first-order valence-electron chi connectivity index (χ1n) is 6.43. The summed E-state index contributed by atoms with van der Waals surface area (Å²) in [6.07, 6.45) is 0. The molecule has 0 N–H and O–H groups in total. The molecule has 0 fully saturated rings. The summed E-state index contributed by atoms with van der Waals surface area (Å²) in [6, 6.07) is 11.5. The van der Waals surface area contributed by atoms with Crippen LogP contribution in [0.4, 0.5) is 0 Å². The molecular weight excluding hydrogens is 274 g/mol. The van der Waals surface area contributed by atoms with E-state index in [9.17, 15) is 0 Å². The van der Waals surface area contributed by atoms with Gasteiger partial charge in [-0.15, -0.1) is 0 Å². The highest BCUT2D eigenvalue weighted by molar-refractivity contribution is 6.29. The van der Waals surface area contributed by atoms with Crippen LogP contribution < -0.4 is 4.74 Å². The number of rotatable bonds is 3. The van der Waals surface area contributed by atoms with Gasteiger partial charge in [-0.05, 0) is 44.2 Å². The van der Waals surface area contributed by atoms with Crippen LogP contribution in [0.1, 0.15) is 12.6 Å². The number of nitrogens with zero attached hydrogens (tertiary/aromatic N) is 3. The van der Waals surface area contributed by atoms with Crippen LogP contribution in [0.3, 0.4) is 0 Å². The lowest BCUT2D eigenvalue weighted by molar-refractivity contribution is 0.340. The van der Waals surface area contributed by atoms with Gasteiger partial charge < -0.3 is 4.74 Å². The van der Waals surface area contributed by atoms with Gasteiger partial charge >= 0.3 is 0 Å². The van der Waals surface area contributed by atoms with Crippen LogP contribution in [0.25, 0.3) is 16.9 Å².